The Labute approximate surface area is 90.1 Å². The van der Waals surface area contributed by atoms with Crippen molar-refractivity contribution in [2.75, 3.05) is 12.4 Å². The van der Waals surface area contributed by atoms with Crippen molar-refractivity contribution in [3.63, 3.8) is 0 Å². The van der Waals surface area contributed by atoms with E-state index in [1.54, 1.807) is 19.5 Å². The molecule has 1 heterocycles. The first kappa shape index (κ1) is 10.2. The van der Waals surface area contributed by atoms with Gasteiger partial charge in [0.25, 0.3) is 0 Å². The number of nitrogens with zero attached hydrogens (tertiary/aromatic N) is 2. The first-order valence-corrected chi connectivity index (χ1v) is 5.22. The van der Waals surface area contributed by atoms with Gasteiger partial charge >= 0.3 is 0 Å². The van der Waals surface area contributed by atoms with E-state index in [0.717, 1.165) is 5.82 Å². The van der Waals surface area contributed by atoms with Crippen molar-refractivity contribution in [1.82, 2.24) is 9.97 Å². The number of ether oxygens (including phenoxy) is 1. The van der Waals surface area contributed by atoms with E-state index in [4.69, 9.17) is 4.74 Å². The predicted molar refractivity (Wildman–Crippen MR) is 59.0 cm³/mol. The molecule has 2 rings (SSSR count). The first-order chi connectivity index (χ1) is 7.09. The molecule has 1 aliphatic carbocycles. The number of hydrogen-bond donors (Lipinski definition) is 1. The molecule has 0 aliphatic heterocycles. The topological polar surface area (TPSA) is 47.0 Å². The summed E-state index contributed by atoms with van der Waals surface area (Å²) in [6, 6.07) is 0.544. The van der Waals surface area contributed by atoms with Gasteiger partial charge < -0.3 is 10.1 Å². The highest BCUT2D eigenvalue weighted by Gasteiger charge is 2.35. The van der Waals surface area contributed by atoms with Gasteiger partial charge in [0.05, 0.1) is 19.5 Å². The van der Waals surface area contributed by atoms with Crippen LogP contribution in [-0.4, -0.2) is 23.1 Å². The summed E-state index contributed by atoms with van der Waals surface area (Å²) in [5, 5.41) is 3.36. The van der Waals surface area contributed by atoms with E-state index >= 15 is 0 Å². The van der Waals surface area contributed by atoms with Crippen LogP contribution in [0.25, 0.3) is 0 Å². The number of methoxy groups -OCH3 is 1. The Morgan fingerprint density at radius 1 is 1.33 bits per heavy atom. The molecule has 0 atom stereocenters. The molecule has 0 amide bonds. The molecule has 1 aliphatic rings. The molecule has 15 heavy (non-hydrogen) atoms. The van der Waals surface area contributed by atoms with Crippen molar-refractivity contribution < 1.29 is 4.74 Å². The van der Waals surface area contributed by atoms with Gasteiger partial charge in [-0.2, -0.15) is 0 Å². The van der Waals surface area contributed by atoms with Crippen LogP contribution in [0.2, 0.25) is 0 Å². The van der Waals surface area contributed by atoms with Gasteiger partial charge in [-0.15, -0.1) is 0 Å². The lowest BCUT2D eigenvalue weighted by Gasteiger charge is -2.43. The second kappa shape index (κ2) is 3.68. The minimum atomic E-state index is 0.484. The highest BCUT2D eigenvalue weighted by Crippen LogP contribution is 2.41. The van der Waals surface area contributed by atoms with Gasteiger partial charge in [-0.25, -0.2) is 9.97 Å². The van der Waals surface area contributed by atoms with Crippen molar-refractivity contribution in [3.8, 4) is 5.88 Å². The van der Waals surface area contributed by atoms with Crippen LogP contribution in [0.4, 0.5) is 5.82 Å². The quantitative estimate of drug-likeness (QED) is 0.824. The molecule has 0 spiro atoms. The van der Waals surface area contributed by atoms with Crippen LogP contribution in [0.5, 0.6) is 5.88 Å². The number of hydrogen-bond acceptors (Lipinski definition) is 4. The zero-order valence-electron chi connectivity index (χ0n) is 9.45. The van der Waals surface area contributed by atoms with Crippen molar-refractivity contribution in [3.05, 3.63) is 12.4 Å². The van der Waals surface area contributed by atoms with Gasteiger partial charge in [-0.3, -0.25) is 0 Å². The molecule has 1 saturated carbocycles. The van der Waals surface area contributed by atoms with Crippen molar-refractivity contribution in [1.29, 1.82) is 0 Å². The molecule has 1 N–H and O–H groups in total. The molecule has 1 aromatic heterocycles. The Morgan fingerprint density at radius 2 is 2.07 bits per heavy atom. The summed E-state index contributed by atoms with van der Waals surface area (Å²) in [5.74, 6) is 1.38. The minimum Gasteiger partial charge on any atom is -0.480 e. The van der Waals surface area contributed by atoms with E-state index in [9.17, 15) is 0 Å². The summed E-state index contributed by atoms with van der Waals surface area (Å²) in [7, 11) is 1.59. The molecule has 0 bridgehead atoms. The average molecular weight is 207 g/mol. The maximum absolute atomic E-state index is 4.95. The summed E-state index contributed by atoms with van der Waals surface area (Å²) in [4.78, 5) is 8.32. The largest absolute Gasteiger partial charge is 0.480 e. The van der Waals surface area contributed by atoms with Crippen LogP contribution in [0.1, 0.15) is 26.7 Å². The third kappa shape index (κ3) is 2.37. The maximum Gasteiger partial charge on any atom is 0.232 e. The molecule has 4 heteroatoms. The van der Waals surface area contributed by atoms with E-state index in [2.05, 4.69) is 29.1 Å². The van der Waals surface area contributed by atoms with Gasteiger partial charge in [0, 0.05) is 6.04 Å². The van der Waals surface area contributed by atoms with Crippen LogP contribution in [0.3, 0.4) is 0 Å². The summed E-state index contributed by atoms with van der Waals surface area (Å²) in [6.45, 7) is 4.57. The zero-order valence-corrected chi connectivity index (χ0v) is 9.45. The van der Waals surface area contributed by atoms with Crippen LogP contribution in [0.15, 0.2) is 12.4 Å². The van der Waals surface area contributed by atoms with E-state index < -0.39 is 0 Å². The Balaban J connectivity index is 1.89. The standard InChI is InChI=1S/C11H17N3O/c1-11(2)4-8(5-11)14-9-6-13-10(15-3)7-12-9/h6-8H,4-5H2,1-3H3,(H,12,14). The van der Waals surface area contributed by atoms with E-state index in [-0.39, 0.29) is 0 Å². The SMILES string of the molecule is COc1cnc(NC2CC(C)(C)C2)cn1. The predicted octanol–water partition coefficient (Wildman–Crippen LogP) is 2.09. The molecule has 0 unspecified atom stereocenters. The Bertz CT molecular complexity index is 326. The van der Waals surface area contributed by atoms with Crippen LogP contribution >= 0.6 is 0 Å². The van der Waals surface area contributed by atoms with Crippen LogP contribution in [0, 0.1) is 5.41 Å². The van der Waals surface area contributed by atoms with Crippen molar-refractivity contribution in [2.45, 2.75) is 32.7 Å². The molecular weight excluding hydrogens is 190 g/mol. The smallest absolute Gasteiger partial charge is 0.232 e. The molecular formula is C11H17N3O. The van der Waals surface area contributed by atoms with Gasteiger partial charge in [0.1, 0.15) is 5.82 Å². The average Bonchev–Trinajstić information content (AvgIpc) is 2.16. The molecule has 0 aromatic carbocycles. The molecule has 1 fully saturated rings. The fourth-order valence-corrected chi connectivity index (χ4v) is 2.08. The van der Waals surface area contributed by atoms with Crippen LogP contribution in [-0.2, 0) is 0 Å². The molecule has 0 radical (unpaired) electrons. The Kier molecular flexibility index (Phi) is 2.50. The highest BCUT2D eigenvalue weighted by molar-refractivity contribution is 5.34. The van der Waals surface area contributed by atoms with Crippen LogP contribution < -0.4 is 10.1 Å². The van der Waals surface area contributed by atoms with Crippen molar-refractivity contribution in [2.24, 2.45) is 5.41 Å². The highest BCUT2D eigenvalue weighted by atomic mass is 16.5. The third-order valence-electron chi connectivity index (χ3n) is 2.79. The molecule has 82 valence electrons. The van der Waals surface area contributed by atoms with E-state index in [1.807, 2.05) is 0 Å². The summed E-state index contributed by atoms with van der Waals surface area (Å²) in [6.07, 6.45) is 5.73. The lowest BCUT2D eigenvalue weighted by molar-refractivity contribution is 0.167. The normalized spacial score (nSPS) is 19.4. The Morgan fingerprint density at radius 3 is 2.53 bits per heavy atom. The van der Waals surface area contributed by atoms with Gasteiger partial charge in [0.15, 0.2) is 0 Å². The summed E-state index contributed by atoms with van der Waals surface area (Å²) >= 11 is 0. The summed E-state index contributed by atoms with van der Waals surface area (Å²) in [5.41, 5.74) is 0.484. The molecule has 1 aromatic rings. The molecule has 0 saturated heterocycles. The lowest BCUT2D eigenvalue weighted by Crippen LogP contribution is -2.41. The number of rotatable bonds is 3. The number of anilines is 1. The third-order valence-corrected chi connectivity index (χ3v) is 2.79. The van der Waals surface area contributed by atoms with E-state index in [0.29, 0.717) is 17.3 Å². The fraction of sp³-hybridized carbons (Fsp3) is 0.636. The molecule has 4 nitrogen and oxygen atoms in total. The number of nitrogens with one attached hydrogen (secondary N) is 1. The van der Waals surface area contributed by atoms with Gasteiger partial charge in [-0.05, 0) is 18.3 Å². The van der Waals surface area contributed by atoms with Gasteiger partial charge in [0.2, 0.25) is 5.88 Å². The second-order valence-corrected chi connectivity index (χ2v) is 4.86. The Hall–Kier alpha value is -1.32. The minimum absolute atomic E-state index is 0.484. The van der Waals surface area contributed by atoms with Gasteiger partial charge in [-0.1, -0.05) is 13.8 Å². The summed E-state index contributed by atoms with van der Waals surface area (Å²) < 4.78 is 4.95. The monoisotopic (exact) mass is 207 g/mol. The first-order valence-electron chi connectivity index (χ1n) is 5.22. The fourth-order valence-electron chi connectivity index (χ4n) is 2.08. The zero-order chi connectivity index (χ0) is 10.9. The lowest BCUT2D eigenvalue weighted by atomic mass is 9.68. The number of aromatic nitrogens is 2. The van der Waals surface area contributed by atoms with Crippen molar-refractivity contribution >= 4 is 5.82 Å². The maximum atomic E-state index is 4.95. The second-order valence-electron chi connectivity index (χ2n) is 4.86. The van der Waals surface area contributed by atoms with E-state index in [1.165, 1.54) is 12.8 Å².